The lowest BCUT2D eigenvalue weighted by Crippen LogP contribution is -2.43. The summed E-state index contributed by atoms with van der Waals surface area (Å²) in [7, 11) is 1.66. The maximum absolute atomic E-state index is 12.6. The highest BCUT2D eigenvalue weighted by Gasteiger charge is 2.28. The van der Waals surface area contributed by atoms with Gasteiger partial charge in [-0.2, -0.15) is 0 Å². The molecule has 2 aromatic carbocycles. The average Bonchev–Trinajstić information content (AvgIpc) is 3.23. The number of aromatic nitrogens is 1. The second kappa shape index (κ2) is 9.47. The van der Waals surface area contributed by atoms with Crippen LogP contribution in [0, 0.1) is 0 Å². The van der Waals surface area contributed by atoms with Gasteiger partial charge in [-0.15, -0.1) is 11.3 Å². The molecule has 0 radical (unpaired) electrons. The van der Waals surface area contributed by atoms with E-state index in [1.54, 1.807) is 48.8 Å². The molecular formula is C22H20ClN3O4S. The molecule has 7 nitrogen and oxygen atoms in total. The van der Waals surface area contributed by atoms with E-state index in [1.165, 1.54) is 4.90 Å². The molecule has 0 bridgehead atoms. The highest BCUT2D eigenvalue weighted by Crippen LogP contribution is 2.36. The fraction of sp³-hybridized carbons (Fsp3) is 0.227. The topological polar surface area (TPSA) is 80.8 Å². The predicted molar refractivity (Wildman–Crippen MR) is 121 cm³/mol. The number of nitrogens with zero attached hydrogens (tertiary/aromatic N) is 2. The van der Waals surface area contributed by atoms with Crippen molar-refractivity contribution >= 4 is 46.1 Å². The van der Waals surface area contributed by atoms with Gasteiger partial charge in [-0.3, -0.25) is 14.5 Å². The number of methoxy groups -OCH3 is 1. The van der Waals surface area contributed by atoms with Gasteiger partial charge in [0.15, 0.2) is 6.61 Å². The second-order valence-corrected chi connectivity index (χ2v) is 8.26. The molecule has 2 amide bonds. The smallest absolute Gasteiger partial charge is 0.265 e. The summed E-state index contributed by atoms with van der Waals surface area (Å²) >= 11 is 7.53. The van der Waals surface area contributed by atoms with Gasteiger partial charge in [0.05, 0.1) is 23.0 Å². The van der Waals surface area contributed by atoms with Gasteiger partial charge >= 0.3 is 0 Å². The average molecular weight is 458 g/mol. The maximum atomic E-state index is 12.6. The normalized spacial score (nSPS) is 13.0. The molecule has 9 heteroatoms. The first-order chi connectivity index (χ1) is 15.0. The molecule has 1 aromatic heterocycles. The Hall–Kier alpha value is -2.94. The summed E-state index contributed by atoms with van der Waals surface area (Å²) < 4.78 is 10.7. The van der Waals surface area contributed by atoms with Crippen molar-refractivity contribution in [2.45, 2.75) is 6.42 Å². The van der Waals surface area contributed by atoms with E-state index in [0.29, 0.717) is 28.8 Å². The maximum Gasteiger partial charge on any atom is 0.265 e. The van der Waals surface area contributed by atoms with Gasteiger partial charge in [-0.1, -0.05) is 17.7 Å². The van der Waals surface area contributed by atoms with Crippen LogP contribution in [0.4, 0.5) is 11.4 Å². The van der Waals surface area contributed by atoms with E-state index in [-0.39, 0.29) is 25.0 Å². The van der Waals surface area contributed by atoms with Gasteiger partial charge in [0.25, 0.3) is 5.91 Å². The van der Waals surface area contributed by atoms with Crippen molar-refractivity contribution in [3.63, 3.8) is 0 Å². The number of hydrogen-bond acceptors (Lipinski definition) is 6. The van der Waals surface area contributed by atoms with E-state index in [1.807, 2.05) is 17.5 Å². The summed E-state index contributed by atoms with van der Waals surface area (Å²) in [6.07, 6.45) is 0.740. The molecule has 1 aliphatic heterocycles. The molecule has 31 heavy (non-hydrogen) atoms. The van der Waals surface area contributed by atoms with Gasteiger partial charge < -0.3 is 14.8 Å². The summed E-state index contributed by atoms with van der Waals surface area (Å²) in [6.45, 7) is 0.352. The molecule has 3 aromatic rings. The number of carbonyl (C=O) groups excluding carboxylic acids is 2. The third kappa shape index (κ3) is 5.04. The van der Waals surface area contributed by atoms with Crippen molar-refractivity contribution in [2.24, 2.45) is 0 Å². The number of rotatable bonds is 7. The molecule has 0 unspecified atom stereocenters. The number of hydrogen-bond donors (Lipinski definition) is 1. The number of ether oxygens (including phenoxy) is 2. The van der Waals surface area contributed by atoms with Crippen molar-refractivity contribution in [1.29, 1.82) is 0 Å². The van der Waals surface area contributed by atoms with Crippen LogP contribution in [0.2, 0.25) is 5.02 Å². The predicted octanol–water partition coefficient (Wildman–Crippen LogP) is 4.02. The summed E-state index contributed by atoms with van der Waals surface area (Å²) in [5.74, 6) is -0.0666. The van der Waals surface area contributed by atoms with Crippen LogP contribution in [0.25, 0.3) is 11.3 Å². The van der Waals surface area contributed by atoms with Gasteiger partial charge in [0.2, 0.25) is 5.91 Å². The highest BCUT2D eigenvalue weighted by molar-refractivity contribution is 7.09. The second-order valence-electron chi connectivity index (χ2n) is 6.88. The van der Waals surface area contributed by atoms with E-state index in [9.17, 15) is 9.59 Å². The lowest BCUT2D eigenvalue weighted by Gasteiger charge is -2.29. The molecular weight excluding hydrogens is 438 g/mol. The van der Waals surface area contributed by atoms with Crippen molar-refractivity contribution in [3.8, 4) is 17.0 Å². The first-order valence-corrected chi connectivity index (χ1v) is 10.9. The zero-order chi connectivity index (χ0) is 21.8. The van der Waals surface area contributed by atoms with Gasteiger partial charge in [0.1, 0.15) is 12.3 Å². The first kappa shape index (κ1) is 21.3. The number of nitrogens with one attached hydrogen (secondary N) is 1. The molecule has 160 valence electrons. The number of thiazole rings is 1. The Balaban J connectivity index is 1.55. The third-order valence-corrected chi connectivity index (χ3v) is 5.82. The lowest BCUT2D eigenvalue weighted by molar-refractivity contribution is -0.123. The zero-order valence-corrected chi connectivity index (χ0v) is 18.3. The number of halogens is 1. The highest BCUT2D eigenvalue weighted by atomic mass is 35.5. The Kier molecular flexibility index (Phi) is 6.50. The molecule has 0 fully saturated rings. The zero-order valence-electron chi connectivity index (χ0n) is 16.8. The summed E-state index contributed by atoms with van der Waals surface area (Å²) in [6, 6.07) is 12.4. The fourth-order valence-electron chi connectivity index (χ4n) is 3.19. The third-order valence-electron chi connectivity index (χ3n) is 4.68. The summed E-state index contributed by atoms with van der Waals surface area (Å²) in [4.78, 5) is 31.2. The minimum absolute atomic E-state index is 0.116. The van der Waals surface area contributed by atoms with Crippen LogP contribution >= 0.6 is 22.9 Å². The van der Waals surface area contributed by atoms with E-state index in [2.05, 4.69) is 10.3 Å². The number of benzene rings is 2. The molecule has 0 atom stereocenters. The van der Waals surface area contributed by atoms with E-state index >= 15 is 0 Å². The molecule has 0 spiro atoms. The Labute approximate surface area is 188 Å². The largest absolute Gasteiger partial charge is 0.482 e. The number of carbonyl (C=O) groups is 2. The quantitative estimate of drug-likeness (QED) is 0.579. The van der Waals surface area contributed by atoms with Crippen molar-refractivity contribution in [1.82, 2.24) is 4.98 Å². The molecule has 2 heterocycles. The standard InChI is InChI=1S/C22H20ClN3O4S/c1-29-8-7-21-25-17(13-31-21)14-5-6-19-18(9-14)26(22(28)12-30-19)11-20(27)24-16-4-2-3-15(23)10-16/h2-6,9-10,13H,7-8,11-12H2,1H3,(H,24,27). The Bertz CT molecular complexity index is 1120. The Morgan fingerprint density at radius 1 is 1.32 bits per heavy atom. The monoisotopic (exact) mass is 457 g/mol. The first-order valence-electron chi connectivity index (χ1n) is 9.60. The van der Waals surface area contributed by atoms with Gasteiger partial charge in [-0.25, -0.2) is 4.98 Å². The van der Waals surface area contributed by atoms with E-state index in [4.69, 9.17) is 21.1 Å². The van der Waals surface area contributed by atoms with Crippen LogP contribution in [-0.2, 0) is 20.7 Å². The summed E-state index contributed by atoms with van der Waals surface area (Å²) in [5.41, 5.74) is 2.76. The molecule has 1 N–H and O–H groups in total. The van der Waals surface area contributed by atoms with Crippen molar-refractivity contribution in [3.05, 3.63) is 57.9 Å². The van der Waals surface area contributed by atoms with Crippen molar-refractivity contribution < 1.29 is 19.1 Å². The Morgan fingerprint density at radius 2 is 2.19 bits per heavy atom. The van der Waals surface area contributed by atoms with Crippen LogP contribution < -0.4 is 15.0 Å². The molecule has 0 saturated carbocycles. The van der Waals surface area contributed by atoms with Crippen LogP contribution in [0.1, 0.15) is 5.01 Å². The molecule has 0 saturated heterocycles. The Morgan fingerprint density at radius 3 is 3.00 bits per heavy atom. The van der Waals surface area contributed by atoms with Crippen LogP contribution in [0.15, 0.2) is 47.8 Å². The summed E-state index contributed by atoms with van der Waals surface area (Å²) in [5, 5.41) is 6.23. The van der Waals surface area contributed by atoms with Crippen LogP contribution in [0.5, 0.6) is 5.75 Å². The van der Waals surface area contributed by atoms with E-state index < -0.39 is 0 Å². The lowest BCUT2D eigenvalue weighted by atomic mass is 10.1. The SMILES string of the molecule is COCCc1nc(-c2ccc3c(c2)N(CC(=O)Nc2cccc(Cl)c2)C(=O)CO3)cs1. The van der Waals surface area contributed by atoms with E-state index in [0.717, 1.165) is 22.7 Å². The molecule has 4 rings (SSSR count). The van der Waals surface area contributed by atoms with Gasteiger partial charge in [0, 0.05) is 35.2 Å². The number of fused-ring (bicyclic) bond motifs is 1. The fourth-order valence-corrected chi connectivity index (χ4v) is 4.17. The molecule has 1 aliphatic rings. The molecule has 0 aliphatic carbocycles. The minimum Gasteiger partial charge on any atom is -0.482 e. The van der Waals surface area contributed by atoms with Gasteiger partial charge in [-0.05, 0) is 36.4 Å². The van der Waals surface area contributed by atoms with Crippen LogP contribution in [0.3, 0.4) is 0 Å². The van der Waals surface area contributed by atoms with Crippen LogP contribution in [-0.4, -0.2) is 43.7 Å². The number of anilines is 2. The van der Waals surface area contributed by atoms with Crippen molar-refractivity contribution in [2.75, 3.05) is 37.1 Å². The number of amides is 2. The minimum atomic E-state index is -0.329.